The van der Waals surface area contributed by atoms with Crippen LogP contribution in [-0.2, 0) is 10.0 Å². The molecule has 1 N–H and O–H groups in total. The van der Waals surface area contributed by atoms with Crippen molar-refractivity contribution in [3.8, 4) is 0 Å². The van der Waals surface area contributed by atoms with Gasteiger partial charge in [-0.1, -0.05) is 19.1 Å². The molecule has 0 bridgehead atoms. The van der Waals surface area contributed by atoms with Crippen LogP contribution in [0.1, 0.15) is 35.7 Å². The molecule has 27 heavy (non-hydrogen) atoms. The third kappa shape index (κ3) is 4.36. The zero-order chi connectivity index (χ0) is 19.6. The highest BCUT2D eigenvalue weighted by molar-refractivity contribution is 7.89. The number of hydrogen-bond donors (Lipinski definition) is 1. The average Bonchev–Trinajstić information content (AvgIpc) is 2.62. The zero-order valence-corrected chi connectivity index (χ0v) is 16.2. The van der Waals surface area contributed by atoms with Crippen molar-refractivity contribution in [2.24, 2.45) is 5.92 Å². The van der Waals surface area contributed by atoms with Crippen molar-refractivity contribution in [3.63, 3.8) is 0 Å². The summed E-state index contributed by atoms with van der Waals surface area (Å²) in [6.07, 6.45) is 1.49. The molecule has 2 aromatic rings. The van der Waals surface area contributed by atoms with Crippen LogP contribution >= 0.6 is 0 Å². The summed E-state index contributed by atoms with van der Waals surface area (Å²) < 4.78 is 41.3. The Kier molecular flexibility index (Phi) is 5.62. The van der Waals surface area contributed by atoms with Crippen molar-refractivity contribution < 1.29 is 17.6 Å². The lowest BCUT2D eigenvalue weighted by atomic mass is 10.0. The number of carbonyl (C=O) groups excluding carboxylic acids is 1. The molecule has 1 saturated heterocycles. The summed E-state index contributed by atoms with van der Waals surface area (Å²) in [5.74, 6) is -0.877. The van der Waals surface area contributed by atoms with Gasteiger partial charge in [0.15, 0.2) is 0 Å². The van der Waals surface area contributed by atoms with Gasteiger partial charge in [0.1, 0.15) is 10.7 Å². The summed E-state index contributed by atoms with van der Waals surface area (Å²) in [6.45, 7) is 4.70. The van der Waals surface area contributed by atoms with Crippen LogP contribution in [0.5, 0.6) is 0 Å². The van der Waals surface area contributed by atoms with Gasteiger partial charge in [0, 0.05) is 24.3 Å². The lowest BCUT2D eigenvalue weighted by Crippen LogP contribution is -2.38. The third-order valence-electron chi connectivity index (χ3n) is 4.83. The van der Waals surface area contributed by atoms with Crippen LogP contribution in [0.2, 0.25) is 0 Å². The molecule has 144 valence electrons. The first-order chi connectivity index (χ1) is 12.8. The van der Waals surface area contributed by atoms with Gasteiger partial charge in [0.05, 0.1) is 0 Å². The molecule has 2 aromatic carbocycles. The molecule has 1 aliphatic heterocycles. The van der Waals surface area contributed by atoms with Gasteiger partial charge >= 0.3 is 0 Å². The molecule has 5 nitrogen and oxygen atoms in total. The number of halogens is 1. The van der Waals surface area contributed by atoms with Crippen molar-refractivity contribution in [3.05, 3.63) is 59.4 Å². The minimum Gasteiger partial charge on any atom is -0.322 e. The van der Waals surface area contributed by atoms with E-state index in [1.54, 1.807) is 12.1 Å². The number of hydrogen-bond acceptors (Lipinski definition) is 3. The Labute approximate surface area is 159 Å². The van der Waals surface area contributed by atoms with E-state index in [0.29, 0.717) is 24.7 Å². The van der Waals surface area contributed by atoms with E-state index in [1.165, 1.54) is 10.4 Å². The van der Waals surface area contributed by atoms with Crippen molar-refractivity contribution in [1.29, 1.82) is 0 Å². The minimum atomic E-state index is -3.97. The Hall–Kier alpha value is -2.25. The summed E-state index contributed by atoms with van der Waals surface area (Å²) in [4.78, 5) is 12.0. The van der Waals surface area contributed by atoms with E-state index < -0.39 is 26.6 Å². The topological polar surface area (TPSA) is 66.5 Å². The molecule has 0 radical (unpaired) electrons. The maximum atomic E-state index is 14.3. The van der Waals surface area contributed by atoms with Crippen molar-refractivity contribution >= 4 is 21.6 Å². The number of anilines is 1. The molecule has 1 aliphatic rings. The summed E-state index contributed by atoms with van der Waals surface area (Å²) in [5, 5.41) is 2.71. The highest BCUT2D eigenvalue weighted by Crippen LogP contribution is 2.26. The van der Waals surface area contributed by atoms with Gasteiger partial charge in [0.25, 0.3) is 5.91 Å². The van der Waals surface area contributed by atoms with Crippen molar-refractivity contribution in [1.82, 2.24) is 4.31 Å². The molecule has 0 aliphatic carbocycles. The average molecular weight is 390 g/mol. The monoisotopic (exact) mass is 390 g/mol. The smallest absolute Gasteiger partial charge is 0.255 e. The Bertz CT molecular complexity index is 951. The van der Waals surface area contributed by atoms with Crippen LogP contribution in [0.15, 0.2) is 47.4 Å². The Morgan fingerprint density at radius 1 is 1.15 bits per heavy atom. The van der Waals surface area contributed by atoms with Gasteiger partial charge in [0.2, 0.25) is 10.0 Å². The largest absolute Gasteiger partial charge is 0.322 e. The number of rotatable bonds is 4. The maximum absolute atomic E-state index is 14.3. The Balaban J connectivity index is 1.86. The normalized spacial score (nSPS) is 16.3. The van der Waals surface area contributed by atoms with E-state index in [4.69, 9.17) is 0 Å². The molecule has 0 unspecified atom stereocenters. The fourth-order valence-corrected chi connectivity index (χ4v) is 4.69. The second-order valence-corrected chi connectivity index (χ2v) is 8.96. The number of benzene rings is 2. The third-order valence-corrected chi connectivity index (χ3v) is 6.74. The molecule has 1 amide bonds. The molecule has 0 spiro atoms. The Morgan fingerprint density at radius 3 is 2.52 bits per heavy atom. The fraction of sp³-hybridized carbons (Fsp3) is 0.350. The second-order valence-electron chi connectivity index (χ2n) is 7.06. The predicted octanol–water partition coefficient (Wildman–Crippen LogP) is 3.81. The van der Waals surface area contributed by atoms with Gasteiger partial charge in [-0.15, -0.1) is 0 Å². The molecule has 1 fully saturated rings. The van der Waals surface area contributed by atoms with Crippen LogP contribution in [0.4, 0.5) is 10.1 Å². The first-order valence-corrected chi connectivity index (χ1v) is 10.4. The molecule has 0 aromatic heterocycles. The quantitative estimate of drug-likeness (QED) is 0.863. The first kappa shape index (κ1) is 19.5. The first-order valence-electron chi connectivity index (χ1n) is 8.95. The van der Waals surface area contributed by atoms with Crippen molar-refractivity contribution in [2.45, 2.75) is 31.6 Å². The van der Waals surface area contributed by atoms with Crippen LogP contribution < -0.4 is 5.32 Å². The van der Waals surface area contributed by atoms with Crippen LogP contribution in [0, 0.1) is 18.7 Å². The number of sulfonamides is 1. The van der Waals surface area contributed by atoms with E-state index >= 15 is 0 Å². The van der Waals surface area contributed by atoms with E-state index in [1.807, 2.05) is 19.1 Å². The van der Waals surface area contributed by atoms with Gasteiger partial charge in [-0.3, -0.25) is 4.79 Å². The zero-order valence-electron chi connectivity index (χ0n) is 15.4. The second kappa shape index (κ2) is 7.78. The lowest BCUT2D eigenvalue weighted by molar-refractivity contribution is 0.102. The van der Waals surface area contributed by atoms with E-state index in [-0.39, 0.29) is 5.56 Å². The van der Waals surface area contributed by atoms with Crippen LogP contribution in [-0.4, -0.2) is 31.7 Å². The van der Waals surface area contributed by atoms with E-state index in [0.717, 1.165) is 30.5 Å². The molecule has 0 saturated carbocycles. The molecular formula is C20H23FN2O3S. The molecule has 7 heteroatoms. The summed E-state index contributed by atoms with van der Waals surface area (Å²) in [7, 11) is -3.97. The SMILES string of the molecule is Cc1cccc(NC(=O)c2ccc(F)c(S(=O)(=O)N3CCC(C)CC3)c2)c1. The number of amides is 1. The van der Waals surface area contributed by atoms with Gasteiger partial charge in [-0.2, -0.15) is 4.31 Å². The van der Waals surface area contributed by atoms with E-state index in [9.17, 15) is 17.6 Å². The Morgan fingerprint density at radius 2 is 1.85 bits per heavy atom. The standard InChI is InChI=1S/C20H23FN2O3S/c1-14-8-10-23(11-9-14)27(25,26)19-13-16(6-7-18(19)21)20(24)22-17-5-3-4-15(2)12-17/h3-7,12-14H,8-11H2,1-2H3,(H,22,24). The summed E-state index contributed by atoms with van der Waals surface area (Å²) in [5.41, 5.74) is 1.68. The van der Waals surface area contributed by atoms with Gasteiger partial charge < -0.3 is 5.32 Å². The van der Waals surface area contributed by atoms with Gasteiger partial charge in [-0.05, 0) is 61.6 Å². The number of aryl methyl sites for hydroxylation is 1. The highest BCUT2D eigenvalue weighted by Gasteiger charge is 2.31. The predicted molar refractivity (Wildman–Crippen MR) is 103 cm³/mol. The number of carbonyl (C=O) groups is 1. The van der Waals surface area contributed by atoms with Crippen LogP contribution in [0.25, 0.3) is 0 Å². The summed E-state index contributed by atoms with van der Waals surface area (Å²) in [6, 6.07) is 10.7. The number of nitrogens with one attached hydrogen (secondary N) is 1. The van der Waals surface area contributed by atoms with Crippen molar-refractivity contribution in [2.75, 3.05) is 18.4 Å². The van der Waals surface area contributed by atoms with Crippen LogP contribution in [0.3, 0.4) is 0 Å². The highest BCUT2D eigenvalue weighted by atomic mass is 32.2. The van der Waals surface area contributed by atoms with E-state index in [2.05, 4.69) is 12.2 Å². The van der Waals surface area contributed by atoms with Gasteiger partial charge in [-0.25, -0.2) is 12.8 Å². The number of nitrogens with zero attached hydrogens (tertiary/aromatic N) is 1. The molecular weight excluding hydrogens is 367 g/mol. The molecule has 1 heterocycles. The minimum absolute atomic E-state index is 0.0989. The number of piperidine rings is 1. The summed E-state index contributed by atoms with van der Waals surface area (Å²) >= 11 is 0. The lowest BCUT2D eigenvalue weighted by Gasteiger charge is -2.29. The fourth-order valence-electron chi connectivity index (χ4n) is 3.13. The molecule has 0 atom stereocenters. The maximum Gasteiger partial charge on any atom is 0.255 e. The molecule has 3 rings (SSSR count).